The lowest BCUT2D eigenvalue weighted by Gasteiger charge is -2.46. The zero-order valence-electron chi connectivity index (χ0n) is 13.2. The van der Waals surface area contributed by atoms with Crippen LogP contribution in [0.15, 0.2) is 24.5 Å². The van der Waals surface area contributed by atoms with Crippen molar-refractivity contribution >= 4 is 10.0 Å². The minimum atomic E-state index is -3.09. The summed E-state index contributed by atoms with van der Waals surface area (Å²) in [5.41, 5.74) is 1.21. The lowest BCUT2D eigenvalue weighted by atomic mass is 9.99. The first-order valence-electron chi connectivity index (χ1n) is 8.38. The molecule has 2 aliphatic heterocycles. The van der Waals surface area contributed by atoms with Crippen molar-refractivity contribution in [2.24, 2.45) is 0 Å². The monoisotopic (exact) mass is 337 g/mol. The highest BCUT2D eigenvalue weighted by Crippen LogP contribution is 2.34. The molecule has 6 nitrogen and oxygen atoms in total. The van der Waals surface area contributed by atoms with Crippen LogP contribution in [0.4, 0.5) is 0 Å². The molecule has 1 saturated carbocycles. The largest absolute Gasteiger partial charge is 0.375 e. The van der Waals surface area contributed by atoms with Crippen molar-refractivity contribution in [2.45, 2.75) is 43.2 Å². The van der Waals surface area contributed by atoms with Crippen LogP contribution in [-0.4, -0.2) is 66.2 Å². The van der Waals surface area contributed by atoms with Gasteiger partial charge < -0.3 is 4.74 Å². The number of sulfonamides is 1. The maximum Gasteiger partial charge on any atom is 0.217 e. The zero-order chi connectivity index (χ0) is 15.9. The third kappa shape index (κ3) is 3.15. The van der Waals surface area contributed by atoms with Gasteiger partial charge in [-0.05, 0) is 37.0 Å². The molecule has 1 aliphatic carbocycles. The molecule has 3 heterocycles. The van der Waals surface area contributed by atoms with E-state index in [1.165, 1.54) is 5.56 Å². The minimum Gasteiger partial charge on any atom is -0.375 e. The molecule has 0 N–H and O–H groups in total. The molecule has 126 valence electrons. The van der Waals surface area contributed by atoms with Crippen LogP contribution in [0.5, 0.6) is 0 Å². The zero-order valence-corrected chi connectivity index (χ0v) is 14.0. The average Bonchev–Trinajstić information content (AvgIpc) is 3.41. The Morgan fingerprint density at radius 3 is 2.70 bits per heavy atom. The van der Waals surface area contributed by atoms with Crippen molar-refractivity contribution in [1.29, 1.82) is 0 Å². The number of aromatic nitrogens is 1. The molecule has 23 heavy (non-hydrogen) atoms. The summed E-state index contributed by atoms with van der Waals surface area (Å²) in [5, 5.41) is -0.128. The van der Waals surface area contributed by atoms with Crippen LogP contribution in [0, 0.1) is 0 Å². The van der Waals surface area contributed by atoms with E-state index in [4.69, 9.17) is 4.74 Å². The fraction of sp³-hybridized carbons (Fsp3) is 0.688. The summed E-state index contributed by atoms with van der Waals surface area (Å²) in [6.07, 6.45) is 6.20. The van der Waals surface area contributed by atoms with Crippen LogP contribution < -0.4 is 0 Å². The van der Waals surface area contributed by atoms with Gasteiger partial charge in [0, 0.05) is 38.6 Å². The smallest absolute Gasteiger partial charge is 0.217 e. The Hall–Kier alpha value is -1.02. The second-order valence-corrected chi connectivity index (χ2v) is 8.91. The molecule has 0 unspecified atom stereocenters. The van der Waals surface area contributed by atoms with Gasteiger partial charge in [0.2, 0.25) is 10.0 Å². The highest BCUT2D eigenvalue weighted by molar-refractivity contribution is 7.90. The first-order chi connectivity index (χ1) is 11.1. The SMILES string of the molecule is O=S(=O)(C1CC1)N1CC[C@H]2OCCN(Cc3ccncc3)[C@@H]2C1. The van der Waals surface area contributed by atoms with E-state index in [0.29, 0.717) is 13.1 Å². The van der Waals surface area contributed by atoms with Gasteiger partial charge in [0.1, 0.15) is 0 Å². The normalized spacial score (nSPS) is 30.1. The van der Waals surface area contributed by atoms with Crippen LogP contribution in [0.2, 0.25) is 0 Å². The van der Waals surface area contributed by atoms with E-state index in [-0.39, 0.29) is 17.4 Å². The van der Waals surface area contributed by atoms with Crippen LogP contribution in [0.3, 0.4) is 0 Å². The molecule has 3 aliphatic rings. The number of hydrogen-bond donors (Lipinski definition) is 0. The fourth-order valence-electron chi connectivity index (χ4n) is 3.64. The van der Waals surface area contributed by atoms with E-state index in [9.17, 15) is 8.42 Å². The van der Waals surface area contributed by atoms with E-state index in [1.807, 2.05) is 12.1 Å². The maximum atomic E-state index is 12.5. The quantitative estimate of drug-likeness (QED) is 0.815. The van der Waals surface area contributed by atoms with E-state index in [1.54, 1.807) is 16.7 Å². The summed E-state index contributed by atoms with van der Waals surface area (Å²) in [5.74, 6) is 0. The van der Waals surface area contributed by atoms with Crippen molar-refractivity contribution in [1.82, 2.24) is 14.2 Å². The second kappa shape index (κ2) is 6.12. The minimum absolute atomic E-state index is 0.128. The molecular weight excluding hydrogens is 314 g/mol. The molecule has 1 aromatic rings. The number of morpholine rings is 1. The molecule has 4 rings (SSSR count). The predicted molar refractivity (Wildman–Crippen MR) is 86.3 cm³/mol. The number of piperidine rings is 1. The molecule has 3 fully saturated rings. The number of pyridine rings is 1. The average molecular weight is 337 g/mol. The summed E-state index contributed by atoms with van der Waals surface area (Å²) in [4.78, 5) is 6.43. The lowest BCUT2D eigenvalue weighted by Crippen LogP contribution is -2.60. The third-order valence-electron chi connectivity index (χ3n) is 5.10. The third-order valence-corrected chi connectivity index (χ3v) is 7.47. The topological polar surface area (TPSA) is 62.7 Å². The van der Waals surface area contributed by atoms with Crippen molar-refractivity contribution in [2.75, 3.05) is 26.2 Å². The van der Waals surface area contributed by atoms with E-state index in [0.717, 1.165) is 39.0 Å². The van der Waals surface area contributed by atoms with Crippen LogP contribution in [0.25, 0.3) is 0 Å². The van der Waals surface area contributed by atoms with Crippen LogP contribution >= 0.6 is 0 Å². The number of ether oxygens (including phenoxy) is 1. The molecule has 0 bridgehead atoms. The Morgan fingerprint density at radius 2 is 1.96 bits per heavy atom. The van der Waals surface area contributed by atoms with Gasteiger partial charge in [-0.1, -0.05) is 0 Å². The Balaban J connectivity index is 1.50. The van der Waals surface area contributed by atoms with Crippen molar-refractivity contribution in [3.8, 4) is 0 Å². The van der Waals surface area contributed by atoms with Gasteiger partial charge in [0.15, 0.2) is 0 Å². The highest BCUT2D eigenvalue weighted by atomic mass is 32.2. The molecule has 0 spiro atoms. The standard InChI is InChI=1S/C16H23N3O3S/c20-23(21,14-1-2-14)19-8-5-16-15(12-19)18(9-10-22-16)11-13-3-6-17-7-4-13/h3-4,6-7,14-16H,1-2,5,8-12H2/t15-,16-/m1/s1. The van der Waals surface area contributed by atoms with Crippen molar-refractivity contribution in [3.63, 3.8) is 0 Å². The number of nitrogens with zero attached hydrogens (tertiary/aromatic N) is 3. The number of fused-ring (bicyclic) bond motifs is 1. The molecule has 0 aromatic carbocycles. The molecular formula is C16H23N3O3S. The van der Waals surface area contributed by atoms with Gasteiger partial charge in [0.05, 0.1) is 24.0 Å². The Kier molecular flexibility index (Phi) is 4.13. The summed E-state index contributed by atoms with van der Waals surface area (Å²) in [7, 11) is -3.09. The highest BCUT2D eigenvalue weighted by Gasteiger charge is 2.45. The maximum absolute atomic E-state index is 12.5. The van der Waals surface area contributed by atoms with Gasteiger partial charge in [-0.2, -0.15) is 4.31 Å². The Morgan fingerprint density at radius 1 is 1.17 bits per heavy atom. The Labute approximate surface area is 137 Å². The fourth-order valence-corrected chi connectivity index (χ4v) is 5.51. The first-order valence-corrected chi connectivity index (χ1v) is 9.88. The molecule has 0 amide bonds. The number of hydrogen-bond acceptors (Lipinski definition) is 5. The molecule has 2 atom stereocenters. The summed E-state index contributed by atoms with van der Waals surface area (Å²) >= 11 is 0. The van der Waals surface area contributed by atoms with E-state index >= 15 is 0 Å². The molecule has 2 saturated heterocycles. The Bertz CT molecular complexity index is 648. The van der Waals surface area contributed by atoms with Gasteiger partial charge in [0.25, 0.3) is 0 Å². The van der Waals surface area contributed by atoms with Crippen LogP contribution in [0.1, 0.15) is 24.8 Å². The van der Waals surface area contributed by atoms with Crippen molar-refractivity contribution < 1.29 is 13.2 Å². The van der Waals surface area contributed by atoms with Crippen molar-refractivity contribution in [3.05, 3.63) is 30.1 Å². The van der Waals surface area contributed by atoms with Crippen LogP contribution in [-0.2, 0) is 21.3 Å². The van der Waals surface area contributed by atoms with Gasteiger partial charge in [-0.15, -0.1) is 0 Å². The van der Waals surface area contributed by atoms with E-state index in [2.05, 4.69) is 9.88 Å². The first kappa shape index (κ1) is 15.5. The summed E-state index contributed by atoms with van der Waals surface area (Å²) in [6.45, 7) is 3.56. The second-order valence-electron chi connectivity index (χ2n) is 6.69. The number of rotatable bonds is 4. The predicted octanol–water partition coefficient (Wildman–Crippen LogP) is 0.849. The van der Waals surface area contributed by atoms with Gasteiger partial charge >= 0.3 is 0 Å². The molecule has 1 aromatic heterocycles. The van der Waals surface area contributed by atoms with Gasteiger partial charge in [-0.25, -0.2) is 8.42 Å². The lowest BCUT2D eigenvalue weighted by molar-refractivity contribution is -0.0959. The van der Waals surface area contributed by atoms with E-state index < -0.39 is 10.0 Å². The van der Waals surface area contributed by atoms with Gasteiger partial charge in [-0.3, -0.25) is 9.88 Å². The molecule has 0 radical (unpaired) electrons. The summed E-state index contributed by atoms with van der Waals surface area (Å²) in [6, 6.07) is 4.19. The molecule has 7 heteroatoms. The summed E-state index contributed by atoms with van der Waals surface area (Å²) < 4.78 is 32.7.